The second kappa shape index (κ2) is 7.25. The van der Waals surface area contributed by atoms with Crippen molar-refractivity contribution in [2.24, 2.45) is 0 Å². The van der Waals surface area contributed by atoms with Gasteiger partial charge in [-0.2, -0.15) is 0 Å². The summed E-state index contributed by atoms with van der Waals surface area (Å²) in [4.78, 5) is 4.12. The van der Waals surface area contributed by atoms with Gasteiger partial charge in [0.25, 0.3) is 0 Å². The standard InChI is InChI=1S/C18H18ClN3/c19-17-8-6-16(7-9-17)18(13-22-11-10-20-14-22)21-12-15-4-2-1-3-5-15/h1-11,14,18,21H,12-13H2. The molecule has 0 saturated heterocycles. The van der Waals surface area contributed by atoms with Crippen LogP contribution in [0.5, 0.6) is 0 Å². The highest BCUT2D eigenvalue weighted by Crippen LogP contribution is 2.19. The molecule has 0 bridgehead atoms. The predicted octanol–water partition coefficient (Wildman–Crippen LogP) is 4.07. The molecule has 1 N–H and O–H groups in total. The average Bonchev–Trinajstić information content (AvgIpc) is 3.06. The molecule has 0 amide bonds. The molecule has 3 rings (SSSR count). The van der Waals surface area contributed by atoms with Gasteiger partial charge in [0.05, 0.1) is 12.4 Å². The van der Waals surface area contributed by atoms with Crippen molar-refractivity contribution in [1.29, 1.82) is 0 Å². The zero-order valence-electron chi connectivity index (χ0n) is 12.2. The van der Waals surface area contributed by atoms with Crippen LogP contribution in [0.15, 0.2) is 73.3 Å². The molecule has 0 saturated carbocycles. The van der Waals surface area contributed by atoms with Crippen LogP contribution in [0.1, 0.15) is 17.2 Å². The van der Waals surface area contributed by atoms with Crippen molar-refractivity contribution in [3.63, 3.8) is 0 Å². The lowest BCUT2D eigenvalue weighted by molar-refractivity contribution is 0.462. The summed E-state index contributed by atoms with van der Waals surface area (Å²) in [5.74, 6) is 0. The molecule has 0 aliphatic heterocycles. The van der Waals surface area contributed by atoms with Gasteiger partial charge in [-0.25, -0.2) is 4.98 Å². The molecule has 0 aliphatic carbocycles. The van der Waals surface area contributed by atoms with Crippen molar-refractivity contribution in [1.82, 2.24) is 14.9 Å². The Balaban J connectivity index is 1.75. The summed E-state index contributed by atoms with van der Waals surface area (Å²) in [6.07, 6.45) is 5.62. The number of nitrogens with zero attached hydrogens (tertiary/aromatic N) is 2. The van der Waals surface area contributed by atoms with E-state index >= 15 is 0 Å². The van der Waals surface area contributed by atoms with E-state index in [-0.39, 0.29) is 6.04 Å². The van der Waals surface area contributed by atoms with Gasteiger partial charge in [0.1, 0.15) is 0 Å². The average molecular weight is 312 g/mol. The molecule has 3 aromatic rings. The van der Waals surface area contributed by atoms with Crippen molar-refractivity contribution in [2.45, 2.75) is 19.1 Å². The zero-order valence-corrected chi connectivity index (χ0v) is 12.9. The topological polar surface area (TPSA) is 29.9 Å². The van der Waals surface area contributed by atoms with Crippen LogP contribution < -0.4 is 5.32 Å². The fourth-order valence-electron chi connectivity index (χ4n) is 2.43. The fraction of sp³-hybridized carbons (Fsp3) is 0.167. The molecule has 0 aliphatic rings. The number of benzene rings is 2. The first kappa shape index (κ1) is 14.8. The van der Waals surface area contributed by atoms with Gasteiger partial charge in [-0.15, -0.1) is 0 Å². The largest absolute Gasteiger partial charge is 0.336 e. The minimum Gasteiger partial charge on any atom is -0.336 e. The number of hydrogen-bond acceptors (Lipinski definition) is 2. The number of hydrogen-bond donors (Lipinski definition) is 1. The molecule has 22 heavy (non-hydrogen) atoms. The first-order valence-corrected chi connectivity index (χ1v) is 7.67. The Bertz CT molecular complexity index is 678. The molecule has 0 spiro atoms. The first-order valence-electron chi connectivity index (χ1n) is 7.30. The fourth-order valence-corrected chi connectivity index (χ4v) is 2.55. The second-order valence-electron chi connectivity index (χ2n) is 5.23. The molecule has 112 valence electrons. The van der Waals surface area contributed by atoms with Crippen molar-refractivity contribution < 1.29 is 0 Å². The molecule has 0 fully saturated rings. The summed E-state index contributed by atoms with van der Waals surface area (Å²) in [5, 5.41) is 4.38. The number of nitrogens with one attached hydrogen (secondary N) is 1. The van der Waals surface area contributed by atoms with Crippen molar-refractivity contribution in [2.75, 3.05) is 0 Å². The lowest BCUT2D eigenvalue weighted by Crippen LogP contribution is -2.25. The van der Waals surface area contributed by atoms with E-state index in [1.165, 1.54) is 11.1 Å². The van der Waals surface area contributed by atoms with E-state index in [0.29, 0.717) is 0 Å². The van der Waals surface area contributed by atoms with Crippen LogP contribution in [0.4, 0.5) is 0 Å². The zero-order chi connectivity index (χ0) is 15.2. The Morgan fingerprint density at radius 2 is 1.82 bits per heavy atom. The van der Waals surface area contributed by atoms with Crippen molar-refractivity contribution in [3.05, 3.63) is 89.5 Å². The summed E-state index contributed by atoms with van der Waals surface area (Å²) in [5.41, 5.74) is 2.49. The highest BCUT2D eigenvalue weighted by Gasteiger charge is 2.11. The van der Waals surface area contributed by atoms with Crippen LogP contribution in [0, 0.1) is 0 Å². The molecule has 0 radical (unpaired) electrons. The molecule has 1 atom stereocenters. The van der Waals surface area contributed by atoms with Gasteiger partial charge in [-0.1, -0.05) is 54.1 Å². The van der Waals surface area contributed by atoms with E-state index in [9.17, 15) is 0 Å². The Kier molecular flexibility index (Phi) is 4.88. The van der Waals surface area contributed by atoms with E-state index in [1.54, 1.807) is 6.20 Å². The minimum absolute atomic E-state index is 0.201. The van der Waals surface area contributed by atoms with Gasteiger partial charge in [-0.05, 0) is 23.3 Å². The van der Waals surface area contributed by atoms with Crippen molar-refractivity contribution >= 4 is 11.6 Å². The quantitative estimate of drug-likeness (QED) is 0.744. The van der Waals surface area contributed by atoms with E-state index < -0.39 is 0 Å². The van der Waals surface area contributed by atoms with E-state index in [0.717, 1.165) is 18.1 Å². The van der Waals surface area contributed by atoms with Gasteiger partial charge in [0, 0.05) is 30.5 Å². The highest BCUT2D eigenvalue weighted by atomic mass is 35.5. The first-order chi connectivity index (χ1) is 10.8. The van der Waals surface area contributed by atoms with Crippen molar-refractivity contribution in [3.8, 4) is 0 Å². The Morgan fingerprint density at radius 3 is 2.50 bits per heavy atom. The third-order valence-corrected chi connectivity index (χ3v) is 3.87. The maximum atomic E-state index is 6.00. The predicted molar refractivity (Wildman–Crippen MR) is 89.7 cm³/mol. The summed E-state index contributed by atoms with van der Waals surface area (Å²) >= 11 is 6.00. The number of rotatable bonds is 6. The molecule has 2 aromatic carbocycles. The van der Waals surface area contributed by atoms with Crippen LogP contribution in [0.25, 0.3) is 0 Å². The smallest absolute Gasteiger partial charge is 0.0946 e. The molecule has 1 aromatic heterocycles. The summed E-state index contributed by atoms with van der Waals surface area (Å²) in [7, 11) is 0. The Hall–Kier alpha value is -2.10. The maximum Gasteiger partial charge on any atom is 0.0946 e. The lowest BCUT2D eigenvalue weighted by Gasteiger charge is -2.20. The van der Waals surface area contributed by atoms with Gasteiger partial charge >= 0.3 is 0 Å². The van der Waals surface area contributed by atoms with Crippen LogP contribution >= 0.6 is 11.6 Å². The molecule has 1 unspecified atom stereocenters. The third kappa shape index (κ3) is 3.97. The highest BCUT2D eigenvalue weighted by molar-refractivity contribution is 6.30. The number of aromatic nitrogens is 2. The van der Waals surface area contributed by atoms with E-state index in [4.69, 9.17) is 11.6 Å². The van der Waals surface area contributed by atoms with Gasteiger partial charge in [-0.3, -0.25) is 0 Å². The van der Waals surface area contributed by atoms with Gasteiger partial charge in [0.15, 0.2) is 0 Å². The second-order valence-corrected chi connectivity index (χ2v) is 5.67. The Morgan fingerprint density at radius 1 is 1.05 bits per heavy atom. The third-order valence-electron chi connectivity index (χ3n) is 3.62. The molecule has 1 heterocycles. The SMILES string of the molecule is Clc1ccc(C(Cn2ccnc2)NCc2ccccc2)cc1. The van der Waals surface area contributed by atoms with E-state index in [2.05, 4.69) is 51.3 Å². The normalized spacial score (nSPS) is 12.2. The van der Waals surface area contributed by atoms with Crippen LogP contribution in [0.2, 0.25) is 5.02 Å². The number of halogens is 1. The molecular formula is C18H18ClN3. The van der Waals surface area contributed by atoms with Crippen LogP contribution in [0.3, 0.4) is 0 Å². The van der Waals surface area contributed by atoms with Crippen LogP contribution in [-0.4, -0.2) is 9.55 Å². The molecular weight excluding hydrogens is 294 g/mol. The molecule has 4 heteroatoms. The maximum absolute atomic E-state index is 6.00. The Labute approximate surface area is 135 Å². The monoisotopic (exact) mass is 311 g/mol. The van der Waals surface area contributed by atoms with Gasteiger partial charge < -0.3 is 9.88 Å². The van der Waals surface area contributed by atoms with Gasteiger partial charge in [0.2, 0.25) is 0 Å². The summed E-state index contributed by atoms with van der Waals surface area (Å²) in [6.45, 7) is 1.65. The number of imidazole rings is 1. The lowest BCUT2D eigenvalue weighted by atomic mass is 10.1. The minimum atomic E-state index is 0.201. The summed E-state index contributed by atoms with van der Waals surface area (Å²) < 4.78 is 2.08. The summed E-state index contributed by atoms with van der Waals surface area (Å²) in [6, 6.07) is 18.6. The molecule has 3 nitrogen and oxygen atoms in total. The van der Waals surface area contributed by atoms with Crippen LogP contribution in [-0.2, 0) is 13.1 Å². The van der Waals surface area contributed by atoms with E-state index in [1.807, 2.05) is 30.7 Å².